The standard InChI is InChI=1S/C29H39N3O2/c1-4-7-17-31(18-8-5-2)19-9-10-23-11-13-24(14-12-23)28(33)26-16-21-32-20-15-25(22-27(26)32)29(34)30-6-3/h11-16,20-22H,4-10,17-19H2,1-3H3,(H,30,34). The van der Waals surface area contributed by atoms with Crippen molar-refractivity contribution < 1.29 is 9.59 Å². The third-order valence-electron chi connectivity index (χ3n) is 6.32. The molecule has 0 spiro atoms. The molecule has 1 aromatic carbocycles. The lowest BCUT2D eigenvalue weighted by molar-refractivity contribution is 0.0954. The Morgan fingerprint density at radius 1 is 0.824 bits per heavy atom. The molecule has 0 saturated heterocycles. The number of unbranched alkanes of at least 4 members (excludes halogenated alkanes) is 2. The number of aryl methyl sites for hydroxylation is 1. The fourth-order valence-electron chi connectivity index (χ4n) is 4.28. The van der Waals surface area contributed by atoms with Crippen molar-refractivity contribution in [2.75, 3.05) is 26.2 Å². The average Bonchev–Trinajstić information content (AvgIpc) is 3.28. The first-order valence-electron chi connectivity index (χ1n) is 12.8. The summed E-state index contributed by atoms with van der Waals surface area (Å²) in [7, 11) is 0. The van der Waals surface area contributed by atoms with Crippen LogP contribution < -0.4 is 5.32 Å². The van der Waals surface area contributed by atoms with E-state index in [4.69, 9.17) is 0 Å². The van der Waals surface area contributed by atoms with Gasteiger partial charge in [0.05, 0.1) is 5.52 Å². The molecule has 0 aliphatic rings. The van der Waals surface area contributed by atoms with E-state index in [0.717, 1.165) is 24.9 Å². The third kappa shape index (κ3) is 6.80. The van der Waals surface area contributed by atoms with E-state index in [-0.39, 0.29) is 11.7 Å². The van der Waals surface area contributed by atoms with Crippen LogP contribution in [0.1, 0.15) is 84.7 Å². The number of ketones is 1. The first kappa shape index (κ1) is 25.7. The first-order valence-corrected chi connectivity index (χ1v) is 12.8. The summed E-state index contributed by atoms with van der Waals surface area (Å²) in [5, 5.41) is 2.81. The lowest BCUT2D eigenvalue weighted by Crippen LogP contribution is -2.27. The summed E-state index contributed by atoms with van der Waals surface area (Å²) in [5.41, 5.74) is 3.86. The Kier molecular flexibility index (Phi) is 9.89. The van der Waals surface area contributed by atoms with Crippen LogP contribution in [0.4, 0.5) is 0 Å². The Labute approximate surface area is 204 Å². The molecule has 0 saturated carbocycles. The second-order valence-corrected chi connectivity index (χ2v) is 8.98. The Balaban J connectivity index is 1.64. The van der Waals surface area contributed by atoms with Gasteiger partial charge < -0.3 is 14.6 Å². The van der Waals surface area contributed by atoms with Crippen molar-refractivity contribution >= 4 is 17.2 Å². The molecule has 0 unspecified atom stereocenters. The molecule has 5 heteroatoms. The van der Waals surface area contributed by atoms with Crippen LogP contribution in [0, 0.1) is 0 Å². The molecule has 34 heavy (non-hydrogen) atoms. The number of nitrogens with zero attached hydrogens (tertiary/aromatic N) is 2. The third-order valence-corrected chi connectivity index (χ3v) is 6.32. The number of rotatable bonds is 14. The van der Waals surface area contributed by atoms with E-state index in [0.29, 0.717) is 23.2 Å². The predicted molar refractivity (Wildman–Crippen MR) is 140 cm³/mol. The van der Waals surface area contributed by atoms with E-state index >= 15 is 0 Å². The molecule has 0 aliphatic carbocycles. The van der Waals surface area contributed by atoms with Crippen molar-refractivity contribution in [1.82, 2.24) is 14.6 Å². The molecule has 0 atom stereocenters. The van der Waals surface area contributed by atoms with Crippen LogP contribution in [-0.2, 0) is 6.42 Å². The quantitative estimate of drug-likeness (QED) is 0.311. The first-order chi connectivity index (χ1) is 16.6. The van der Waals surface area contributed by atoms with Crippen LogP contribution in [0.25, 0.3) is 5.52 Å². The van der Waals surface area contributed by atoms with Gasteiger partial charge in [0.1, 0.15) is 0 Å². The summed E-state index contributed by atoms with van der Waals surface area (Å²) >= 11 is 0. The van der Waals surface area contributed by atoms with Gasteiger partial charge in [0, 0.05) is 35.6 Å². The highest BCUT2D eigenvalue weighted by molar-refractivity contribution is 6.13. The molecule has 3 aromatic rings. The van der Waals surface area contributed by atoms with E-state index in [9.17, 15) is 9.59 Å². The van der Waals surface area contributed by atoms with E-state index in [2.05, 4.69) is 36.2 Å². The summed E-state index contributed by atoms with van der Waals surface area (Å²) in [5.74, 6) is -0.149. The Morgan fingerprint density at radius 2 is 1.47 bits per heavy atom. The molecule has 182 valence electrons. The van der Waals surface area contributed by atoms with Gasteiger partial charge in [0.25, 0.3) is 5.91 Å². The maximum absolute atomic E-state index is 13.2. The Hall–Kier alpha value is -2.92. The normalized spacial score (nSPS) is 11.3. The van der Waals surface area contributed by atoms with Crippen molar-refractivity contribution in [3.05, 3.63) is 77.1 Å². The fraction of sp³-hybridized carbons (Fsp3) is 0.448. The second-order valence-electron chi connectivity index (χ2n) is 8.98. The summed E-state index contributed by atoms with van der Waals surface area (Å²) in [6, 6.07) is 13.4. The molecule has 2 aromatic heterocycles. The molecule has 0 aliphatic heterocycles. The van der Waals surface area contributed by atoms with Crippen molar-refractivity contribution in [3.8, 4) is 0 Å². The number of carbonyl (C=O) groups is 2. The van der Waals surface area contributed by atoms with Crippen LogP contribution in [0.3, 0.4) is 0 Å². The number of carbonyl (C=O) groups excluding carboxylic acids is 2. The van der Waals surface area contributed by atoms with Crippen LogP contribution in [-0.4, -0.2) is 47.2 Å². The van der Waals surface area contributed by atoms with Gasteiger partial charge in [-0.25, -0.2) is 0 Å². The van der Waals surface area contributed by atoms with Gasteiger partial charge in [-0.2, -0.15) is 0 Å². The van der Waals surface area contributed by atoms with Gasteiger partial charge >= 0.3 is 0 Å². The van der Waals surface area contributed by atoms with E-state index in [1.165, 1.54) is 44.3 Å². The molecule has 1 amide bonds. The van der Waals surface area contributed by atoms with Gasteiger partial charge in [-0.3, -0.25) is 9.59 Å². The van der Waals surface area contributed by atoms with Crippen LogP contribution in [0.2, 0.25) is 0 Å². The van der Waals surface area contributed by atoms with Crippen LogP contribution in [0.5, 0.6) is 0 Å². The number of aromatic nitrogens is 1. The summed E-state index contributed by atoms with van der Waals surface area (Å²) in [6.45, 7) is 10.5. The number of nitrogens with one attached hydrogen (secondary N) is 1. The summed E-state index contributed by atoms with van der Waals surface area (Å²) in [6.07, 6.45) is 10.8. The SMILES string of the molecule is CCCCN(CCCC)CCCc1ccc(C(=O)c2ccn3ccc(C(=O)NCC)cc23)cc1. The van der Waals surface area contributed by atoms with Crippen molar-refractivity contribution in [2.24, 2.45) is 0 Å². The monoisotopic (exact) mass is 461 g/mol. The van der Waals surface area contributed by atoms with Crippen LogP contribution >= 0.6 is 0 Å². The van der Waals surface area contributed by atoms with E-state index < -0.39 is 0 Å². The molecule has 5 nitrogen and oxygen atoms in total. The van der Waals surface area contributed by atoms with Gasteiger partial charge in [-0.1, -0.05) is 51.0 Å². The highest BCUT2D eigenvalue weighted by Crippen LogP contribution is 2.20. The minimum absolute atomic E-state index is 0.0209. The number of benzene rings is 1. The lowest BCUT2D eigenvalue weighted by Gasteiger charge is -2.21. The number of amides is 1. The number of hydrogen-bond acceptors (Lipinski definition) is 3. The zero-order valence-electron chi connectivity index (χ0n) is 21.0. The van der Waals surface area contributed by atoms with Gasteiger partial charge in [-0.05, 0) is 76.0 Å². The molecule has 0 bridgehead atoms. The fourth-order valence-corrected chi connectivity index (χ4v) is 4.28. The molecular weight excluding hydrogens is 422 g/mol. The topological polar surface area (TPSA) is 53.8 Å². The zero-order chi connectivity index (χ0) is 24.3. The highest BCUT2D eigenvalue weighted by Gasteiger charge is 2.15. The Morgan fingerprint density at radius 3 is 2.12 bits per heavy atom. The minimum atomic E-state index is -0.128. The number of hydrogen-bond donors (Lipinski definition) is 1. The van der Waals surface area contributed by atoms with E-state index in [1.54, 1.807) is 12.1 Å². The Bertz CT molecular complexity index is 1060. The number of pyridine rings is 1. The molecule has 1 N–H and O–H groups in total. The van der Waals surface area contributed by atoms with E-state index in [1.807, 2.05) is 41.9 Å². The second kappa shape index (κ2) is 13.1. The van der Waals surface area contributed by atoms with Crippen molar-refractivity contribution in [1.29, 1.82) is 0 Å². The smallest absolute Gasteiger partial charge is 0.251 e. The minimum Gasteiger partial charge on any atom is -0.352 e. The van der Waals surface area contributed by atoms with Crippen molar-refractivity contribution in [2.45, 2.75) is 59.3 Å². The molecular formula is C29H39N3O2. The maximum Gasteiger partial charge on any atom is 0.251 e. The molecule has 0 radical (unpaired) electrons. The van der Waals surface area contributed by atoms with Gasteiger partial charge in [0.2, 0.25) is 0 Å². The van der Waals surface area contributed by atoms with Crippen LogP contribution in [0.15, 0.2) is 54.9 Å². The maximum atomic E-state index is 13.2. The summed E-state index contributed by atoms with van der Waals surface area (Å²) in [4.78, 5) is 28.0. The van der Waals surface area contributed by atoms with Gasteiger partial charge in [-0.15, -0.1) is 0 Å². The molecule has 0 fully saturated rings. The van der Waals surface area contributed by atoms with Crippen molar-refractivity contribution in [3.63, 3.8) is 0 Å². The number of fused-ring (bicyclic) bond motifs is 1. The predicted octanol–water partition coefficient (Wildman–Crippen LogP) is 5.75. The lowest BCUT2D eigenvalue weighted by atomic mass is 10.0. The zero-order valence-corrected chi connectivity index (χ0v) is 21.0. The summed E-state index contributed by atoms with van der Waals surface area (Å²) < 4.78 is 1.88. The largest absolute Gasteiger partial charge is 0.352 e. The highest BCUT2D eigenvalue weighted by atomic mass is 16.1. The molecule has 2 heterocycles. The molecule has 3 rings (SSSR count). The van der Waals surface area contributed by atoms with Gasteiger partial charge in [0.15, 0.2) is 5.78 Å². The average molecular weight is 462 g/mol.